The number of benzene rings is 1. The predicted octanol–water partition coefficient (Wildman–Crippen LogP) is 0.616. The van der Waals surface area contributed by atoms with E-state index in [1.165, 1.54) is 13.2 Å². The van der Waals surface area contributed by atoms with E-state index in [-0.39, 0.29) is 11.1 Å². The second-order valence-corrected chi connectivity index (χ2v) is 4.17. The molecule has 0 saturated heterocycles. The highest BCUT2D eigenvalue weighted by molar-refractivity contribution is 5.89. The lowest BCUT2D eigenvalue weighted by Crippen LogP contribution is -2.23. The number of carbonyl (C=O) groups is 1. The fourth-order valence-electron chi connectivity index (χ4n) is 1.69. The highest BCUT2D eigenvalue weighted by Crippen LogP contribution is 2.21. The molecule has 0 saturated carbocycles. The average Bonchev–Trinajstić information content (AvgIpc) is 2.42. The molecule has 2 atom stereocenters. The van der Waals surface area contributed by atoms with Crippen LogP contribution in [0.4, 0.5) is 4.39 Å². The van der Waals surface area contributed by atoms with Crippen molar-refractivity contribution in [1.29, 1.82) is 0 Å². The van der Waals surface area contributed by atoms with Crippen molar-refractivity contribution in [3.05, 3.63) is 35.1 Å². The van der Waals surface area contributed by atoms with E-state index in [1.54, 1.807) is 7.05 Å². The Morgan fingerprint density at radius 2 is 2.11 bits per heavy atom. The summed E-state index contributed by atoms with van der Waals surface area (Å²) in [5.41, 5.74) is 0.140. The Labute approximate surface area is 111 Å². The average molecular weight is 271 g/mol. The van der Waals surface area contributed by atoms with Crippen molar-refractivity contribution in [1.82, 2.24) is 5.32 Å². The minimum atomic E-state index is -1.26. The van der Waals surface area contributed by atoms with Crippen LogP contribution in [0.2, 0.25) is 0 Å². The van der Waals surface area contributed by atoms with E-state index in [2.05, 4.69) is 10.1 Å². The number of carbonyl (C=O) groups excluding carboxylic acids is 1. The summed E-state index contributed by atoms with van der Waals surface area (Å²) in [5, 5.41) is 22.5. The Morgan fingerprint density at radius 1 is 1.42 bits per heavy atom. The highest BCUT2D eigenvalue weighted by Gasteiger charge is 2.20. The molecular formula is C13H18FNO4. The number of aliphatic hydroxyl groups excluding tert-OH is 2. The van der Waals surface area contributed by atoms with Gasteiger partial charge in [-0.1, -0.05) is 0 Å². The molecule has 1 aromatic rings. The lowest BCUT2D eigenvalue weighted by Gasteiger charge is -2.18. The standard InChI is InChI=1S/C13H18FNO4/c1-15-4-3-11(16)12(17)8-5-9(13(18)19-2)7-10(14)6-8/h5-7,11-12,15-17H,3-4H2,1-2H3. The van der Waals surface area contributed by atoms with Crippen molar-refractivity contribution in [2.45, 2.75) is 18.6 Å². The van der Waals surface area contributed by atoms with Crippen molar-refractivity contribution < 1.29 is 24.1 Å². The molecule has 0 amide bonds. The van der Waals surface area contributed by atoms with Crippen LogP contribution < -0.4 is 5.32 Å². The number of methoxy groups -OCH3 is 1. The van der Waals surface area contributed by atoms with Crippen LogP contribution in [0, 0.1) is 5.82 Å². The van der Waals surface area contributed by atoms with E-state index in [0.717, 1.165) is 12.1 Å². The zero-order valence-electron chi connectivity index (χ0n) is 10.9. The first-order chi connectivity index (χ1) is 8.99. The number of esters is 1. The van der Waals surface area contributed by atoms with Crippen LogP contribution in [-0.4, -0.2) is 43.0 Å². The summed E-state index contributed by atoms with van der Waals surface area (Å²) >= 11 is 0. The van der Waals surface area contributed by atoms with Crippen molar-refractivity contribution in [2.75, 3.05) is 20.7 Å². The Bertz CT molecular complexity index is 439. The summed E-state index contributed by atoms with van der Waals surface area (Å²) in [5.74, 6) is -1.37. The Balaban J connectivity index is 2.93. The molecule has 0 fully saturated rings. The third-order valence-electron chi connectivity index (χ3n) is 2.74. The van der Waals surface area contributed by atoms with Gasteiger partial charge >= 0.3 is 5.97 Å². The van der Waals surface area contributed by atoms with Gasteiger partial charge < -0.3 is 20.3 Å². The number of ether oxygens (including phenoxy) is 1. The minimum absolute atomic E-state index is 0.00244. The summed E-state index contributed by atoms with van der Waals surface area (Å²) in [6.45, 7) is 0.511. The summed E-state index contributed by atoms with van der Waals surface area (Å²) in [6.07, 6.45) is -1.99. The topological polar surface area (TPSA) is 78.8 Å². The van der Waals surface area contributed by atoms with Crippen LogP contribution in [0.3, 0.4) is 0 Å². The normalized spacial score (nSPS) is 13.9. The Morgan fingerprint density at radius 3 is 2.68 bits per heavy atom. The van der Waals surface area contributed by atoms with Gasteiger partial charge in [-0.25, -0.2) is 9.18 Å². The molecule has 0 aliphatic heterocycles. The highest BCUT2D eigenvalue weighted by atomic mass is 19.1. The molecule has 0 radical (unpaired) electrons. The van der Waals surface area contributed by atoms with Crippen LogP contribution in [0.15, 0.2) is 18.2 Å². The molecule has 106 valence electrons. The summed E-state index contributed by atoms with van der Waals surface area (Å²) in [7, 11) is 2.90. The molecule has 6 heteroatoms. The SMILES string of the molecule is CNCCC(O)C(O)c1cc(F)cc(C(=O)OC)c1. The van der Waals surface area contributed by atoms with E-state index in [4.69, 9.17) is 0 Å². The zero-order chi connectivity index (χ0) is 14.4. The monoisotopic (exact) mass is 271 g/mol. The third kappa shape index (κ3) is 4.27. The second kappa shape index (κ2) is 7.18. The molecule has 0 aliphatic rings. The van der Waals surface area contributed by atoms with Gasteiger partial charge in [-0.2, -0.15) is 0 Å². The van der Waals surface area contributed by atoms with Crippen molar-refractivity contribution in [3.63, 3.8) is 0 Å². The van der Waals surface area contributed by atoms with Crippen molar-refractivity contribution in [3.8, 4) is 0 Å². The lowest BCUT2D eigenvalue weighted by atomic mass is 10.00. The molecular weight excluding hydrogens is 253 g/mol. The first kappa shape index (κ1) is 15.6. The van der Waals surface area contributed by atoms with E-state index in [1.807, 2.05) is 0 Å². The molecule has 0 spiro atoms. The number of nitrogens with one attached hydrogen (secondary N) is 1. The molecule has 3 N–H and O–H groups in total. The maximum Gasteiger partial charge on any atom is 0.337 e. The summed E-state index contributed by atoms with van der Waals surface area (Å²) < 4.78 is 17.9. The smallest absolute Gasteiger partial charge is 0.337 e. The van der Waals surface area contributed by atoms with Gasteiger partial charge in [0.1, 0.15) is 11.9 Å². The molecule has 0 bridgehead atoms. The van der Waals surface area contributed by atoms with Gasteiger partial charge in [0.05, 0.1) is 18.8 Å². The maximum absolute atomic E-state index is 13.4. The number of hydrogen-bond donors (Lipinski definition) is 3. The minimum Gasteiger partial charge on any atom is -0.465 e. The molecule has 5 nitrogen and oxygen atoms in total. The van der Waals surface area contributed by atoms with E-state index in [0.29, 0.717) is 13.0 Å². The van der Waals surface area contributed by atoms with Crippen molar-refractivity contribution in [2.24, 2.45) is 0 Å². The Hall–Kier alpha value is -1.50. The second-order valence-electron chi connectivity index (χ2n) is 4.17. The quantitative estimate of drug-likeness (QED) is 0.661. The summed E-state index contributed by atoms with van der Waals surface area (Å²) in [4.78, 5) is 11.3. The summed E-state index contributed by atoms with van der Waals surface area (Å²) in [6, 6.07) is 3.41. The maximum atomic E-state index is 13.4. The van der Waals surface area contributed by atoms with E-state index < -0.39 is 24.0 Å². The first-order valence-corrected chi connectivity index (χ1v) is 5.89. The number of hydrogen-bond acceptors (Lipinski definition) is 5. The number of rotatable bonds is 6. The molecule has 2 unspecified atom stereocenters. The van der Waals surface area contributed by atoms with Crippen LogP contribution in [-0.2, 0) is 4.74 Å². The first-order valence-electron chi connectivity index (χ1n) is 5.89. The van der Waals surface area contributed by atoms with Crippen LogP contribution in [0.25, 0.3) is 0 Å². The molecule has 0 heterocycles. The zero-order valence-corrected chi connectivity index (χ0v) is 10.9. The van der Waals surface area contributed by atoms with Gasteiger partial charge in [0.2, 0.25) is 0 Å². The van der Waals surface area contributed by atoms with Gasteiger partial charge in [0, 0.05) is 0 Å². The fraction of sp³-hybridized carbons (Fsp3) is 0.462. The number of aliphatic hydroxyl groups is 2. The van der Waals surface area contributed by atoms with Crippen LogP contribution in [0.1, 0.15) is 28.4 Å². The van der Waals surface area contributed by atoms with E-state index >= 15 is 0 Å². The third-order valence-corrected chi connectivity index (χ3v) is 2.74. The van der Waals surface area contributed by atoms with Gasteiger partial charge in [0.15, 0.2) is 0 Å². The van der Waals surface area contributed by atoms with E-state index in [9.17, 15) is 19.4 Å². The Kier molecular flexibility index (Phi) is 5.88. The van der Waals surface area contributed by atoms with Crippen LogP contribution >= 0.6 is 0 Å². The lowest BCUT2D eigenvalue weighted by molar-refractivity contribution is 0.0138. The fourth-order valence-corrected chi connectivity index (χ4v) is 1.69. The largest absolute Gasteiger partial charge is 0.465 e. The van der Waals surface area contributed by atoms with Crippen molar-refractivity contribution >= 4 is 5.97 Å². The molecule has 1 rings (SSSR count). The predicted molar refractivity (Wildman–Crippen MR) is 67.2 cm³/mol. The molecule has 1 aromatic carbocycles. The number of halogens is 1. The molecule has 0 aliphatic carbocycles. The van der Waals surface area contributed by atoms with Gasteiger partial charge in [-0.05, 0) is 43.8 Å². The van der Waals surface area contributed by atoms with Crippen LogP contribution in [0.5, 0.6) is 0 Å². The van der Waals surface area contributed by atoms with Gasteiger partial charge in [-0.3, -0.25) is 0 Å². The van der Waals surface area contributed by atoms with Gasteiger partial charge in [0.25, 0.3) is 0 Å². The molecule has 0 aromatic heterocycles. The van der Waals surface area contributed by atoms with Gasteiger partial charge in [-0.15, -0.1) is 0 Å². The molecule has 19 heavy (non-hydrogen) atoms.